The number of carboxylic acid groups (broad SMARTS) is 1. The Bertz CT molecular complexity index is 717. The van der Waals surface area contributed by atoms with Crippen LogP contribution in [0.5, 0.6) is 11.5 Å². The number of methoxy groups -OCH3 is 1. The van der Waals surface area contributed by atoms with Crippen LogP contribution in [0.2, 0.25) is 0 Å². The van der Waals surface area contributed by atoms with E-state index < -0.39 is 12.6 Å². The van der Waals surface area contributed by atoms with Crippen molar-refractivity contribution in [2.75, 3.05) is 20.8 Å². The molecule has 2 amide bonds. The highest BCUT2D eigenvalue weighted by Gasteiger charge is 2.31. The largest absolute Gasteiger partial charge is 0.493 e. The normalized spacial score (nSPS) is 16.1. The standard InChI is InChI=1S/C14H12INO6S/c1-16-13(19)10(23-14(16)20)5-7-3-8(15)12(9(4-7)21-2)22-6-11(17)18/h3-5H,6H2,1-2H3,(H,17,18). The third-order valence-corrected chi connectivity index (χ3v) is 4.64. The molecule has 0 aliphatic carbocycles. The number of hydrogen-bond acceptors (Lipinski definition) is 6. The smallest absolute Gasteiger partial charge is 0.341 e. The van der Waals surface area contributed by atoms with Crippen LogP contribution in [0, 0.1) is 3.57 Å². The monoisotopic (exact) mass is 449 g/mol. The van der Waals surface area contributed by atoms with Crippen LogP contribution < -0.4 is 9.47 Å². The average molecular weight is 449 g/mol. The number of carbonyl (C=O) groups is 3. The summed E-state index contributed by atoms with van der Waals surface area (Å²) in [6.07, 6.45) is 1.58. The fourth-order valence-corrected chi connectivity index (χ4v) is 3.40. The maximum Gasteiger partial charge on any atom is 0.341 e. The van der Waals surface area contributed by atoms with E-state index in [1.54, 1.807) is 18.2 Å². The van der Waals surface area contributed by atoms with Crippen molar-refractivity contribution in [2.45, 2.75) is 0 Å². The second-order valence-corrected chi connectivity index (χ2v) is 6.61. The number of amides is 2. The van der Waals surface area contributed by atoms with Crippen molar-refractivity contribution in [1.29, 1.82) is 0 Å². The molecule has 1 fully saturated rings. The van der Waals surface area contributed by atoms with Gasteiger partial charge in [-0.3, -0.25) is 14.5 Å². The second kappa shape index (κ2) is 7.21. The Morgan fingerprint density at radius 2 is 2.13 bits per heavy atom. The summed E-state index contributed by atoms with van der Waals surface area (Å²) in [5, 5.41) is 8.37. The van der Waals surface area contributed by atoms with Gasteiger partial charge in [-0.1, -0.05) is 0 Å². The van der Waals surface area contributed by atoms with Crippen molar-refractivity contribution in [2.24, 2.45) is 0 Å². The maximum absolute atomic E-state index is 11.9. The van der Waals surface area contributed by atoms with E-state index in [4.69, 9.17) is 14.6 Å². The predicted octanol–water partition coefficient (Wildman–Crippen LogP) is 2.43. The van der Waals surface area contributed by atoms with Crippen LogP contribution in [-0.4, -0.2) is 47.9 Å². The predicted molar refractivity (Wildman–Crippen MR) is 92.6 cm³/mol. The van der Waals surface area contributed by atoms with Gasteiger partial charge in [0.1, 0.15) is 0 Å². The van der Waals surface area contributed by atoms with E-state index in [2.05, 4.69) is 0 Å². The Hall–Kier alpha value is -1.75. The van der Waals surface area contributed by atoms with E-state index in [1.165, 1.54) is 14.2 Å². The summed E-state index contributed by atoms with van der Waals surface area (Å²) in [4.78, 5) is 35.4. The van der Waals surface area contributed by atoms with Gasteiger partial charge in [-0.25, -0.2) is 4.79 Å². The molecule has 0 aromatic heterocycles. The van der Waals surface area contributed by atoms with E-state index >= 15 is 0 Å². The third kappa shape index (κ3) is 3.96. The molecular formula is C14H12INO6S. The lowest BCUT2D eigenvalue weighted by molar-refractivity contribution is -0.139. The van der Waals surface area contributed by atoms with Gasteiger partial charge in [0.2, 0.25) is 0 Å². The van der Waals surface area contributed by atoms with Gasteiger partial charge in [0.05, 0.1) is 15.6 Å². The van der Waals surface area contributed by atoms with E-state index in [1.807, 2.05) is 22.6 Å². The molecule has 2 rings (SSSR count). The third-order valence-electron chi connectivity index (χ3n) is 2.88. The van der Waals surface area contributed by atoms with Crippen LogP contribution >= 0.6 is 34.4 Å². The molecule has 0 bridgehead atoms. The summed E-state index contributed by atoms with van der Waals surface area (Å²) < 4.78 is 11.1. The van der Waals surface area contributed by atoms with Crippen molar-refractivity contribution in [1.82, 2.24) is 4.90 Å². The Morgan fingerprint density at radius 1 is 1.43 bits per heavy atom. The van der Waals surface area contributed by atoms with Crippen molar-refractivity contribution in [3.8, 4) is 11.5 Å². The first kappa shape index (κ1) is 17.6. The molecule has 1 aliphatic heterocycles. The van der Waals surface area contributed by atoms with E-state index in [0.717, 1.165) is 16.7 Å². The van der Waals surface area contributed by atoms with Crippen molar-refractivity contribution in [3.05, 3.63) is 26.2 Å². The van der Waals surface area contributed by atoms with Crippen LogP contribution in [0.1, 0.15) is 5.56 Å². The summed E-state index contributed by atoms with van der Waals surface area (Å²) in [5.41, 5.74) is 0.646. The van der Waals surface area contributed by atoms with E-state index in [-0.39, 0.29) is 11.1 Å². The second-order valence-electron chi connectivity index (χ2n) is 4.46. The van der Waals surface area contributed by atoms with Crippen LogP contribution in [0.4, 0.5) is 4.79 Å². The van der Waals surface area contributed by atoms with Crippen molar-refractivity contribution < 1.29 is 29.0 Å². The molecule has 23 heavy (non-hydrogen) atoms. The Balaban J connectivity index is 2.35. The molecule has 0 atom stereocenters. The summed E-state index contributed by atoms with van der Waals surface area (Å²) >= 11 is 2.85. The number of likely N-dealkylation sites (N-methyl/N-ethyl adjacent to an activating group) is 1. The quantitative estimate of drug-likeness (QED) is 0.545. The number of thioether (sulfide) groups is 1. The summed E-state index contributed by atoms with van der Waals surface area (Å²) in [7, 11) is 2.86. The average Bonchev–Trinajstić information content (AvgIpc) is 2.72. The van der Waals surface area contributed by atoms with Gasteiger partial charge in [0, 0.05) is 7.05 Å². The summed E-state index contributed by atoms with van der Waals surface area (Å²) in [6.45, 7) is -0.486. The zero-order chi connectivity index (χ0) is 17.1. The van der Waals surface area contributed by atoms with Crippen LogP contribution in [-0.2, 0) is 9.59 Å². The van der Waals surface area contributed by atoms with Gasteiger partial charge in [0.15, 0.2) is 18.1 Å². The van der Waals surface area contributed by atoms with Gasteiger partial charge in [-0.15, -0.1) is 0 Å². The number of carboxylic acids is 1. The molecule has 0 unspecified atom stereocenters. The van der Waals surface area contributed by atoms with Crippen LogP contribution in [0.3, 0.4) is 0 Å². The molecule has 9 heteroatoms. The number of carbonyl (C=O) groups excluding carboxylic acids is 2. The minimum atomic E-state index is -1.09. The molecule has 1 heterocycles. The van der Waals surface area contributed by atoms with Crippen molar-refractivity contribution >= 4 is 57.5 Å². The lowest BCUT2D eigenvalue weighted by Crippen LogP contribution is -2.22. The number of ether oxygens (including phenoxy) is 2. The number of halogens is 1. The number of aliphatic carboxylic acids is 1. The number of nitrogens with zero attached hydrogens (tertiary/aromatic N) is 1. The van der Waals surface area contributed by atoms with E-state index in [9.17, 15) is 14.4 Å². The lowest BCUT2D eigenvalue weighted by atomic mass is 10.2. The first-order chi connectivity index (χ1) is 10.8. The highest BCUT2D eigenvalue weighted by atomic mass is 127. The SMILES string of the molecule is COc1cc(C=C2SC(=O)N(C)C2=O)cc(I)c1OCC(=O)O. The first-order valence-electron chi connectivity index (χ1n) is 6.27. The Morgan fingerprint density at radius 3 is 2.65 bits per heavy atom. The highest BCUT2D eigenvalue weighted by Crippen LogP contribution is 2.36. The molecule has 1 N–H and O–H groups in total. The zero-order valence-corrected chi connectivity index (χ0v) is 15.1. The fraction of sp³-hybridized carbons (Fsp3) is 0.214. The van der Waals surface area contributed by atoms with Gasteiger partial charge in [-0.05, 0) is 58.1 Å². The summed E-state index contributed by atoms with van der Waals surface area (Å²) in [6, 6.07) is 3.33. The topological polar surface area (TPSA) is 93.1 Å². The molecule has 1 saturated heterocycles. The molecular weight excluding hydrogens is 437 g/mol. The molecule has 122 valence electrons. The minimum absolute atomic E-state index is 0.314. The molecule has 1 aliphatic rings. The lowest BCUT2D eigenvalue weighted by Gasteiger charge is -2.12. The number of benzene rings is 1. The number of imide groups is 1. The molecule has 0 saturated carbocycles. The van der Waals surface area contributed by atoms with Gasteiger partial charge in [-0.2, -0.15) is 0 Å². The fourth-order valence-electron chi connectivity index (χ4n) is 1.79. The van der Waals surface area contributed by atoms with Gasteiger partial charge >= 0.3 is 5.97 Å². The molecule has 0 radical (unpaired) electrons. The zero-order valence-electron chi connectivity index (χ0n) is 12.2. The minimum Gasteiger partial charge on any atom is -0.493 e. The summed E-state index contributed by atoms with van der Waals surface area (Å²) in [5.74, 6) is -0.792. The maximum atomic E-state index is 11.9. The molecule has 0 spiro atoms. The van der Waals surface area contributed by atoms with Crippen LogP contribution in [0.15, 0.2) is 17.0 Å². The van der Waals surface area contributed by atoms with Crippen LogP contribution in [0.25, 0.3) is 6.08 Å². The Labute approximate surface area is 149 Å². The van der Waals surface area contributed by atoms with E-state index in [0.29, 0.717) is 25.5 Å². The number of rotatable bonds is 5. The van der Waals surface area contributed by atoms with Gasteiger partial charge < -0.3 is 14.6 Å². The number of hydrogen-bond donors (Lipinski definition) is 1. The first-order valence-corrected chi connectivity index (χ1v) is 8.16. The molecule has 7 nitrogen and oxygen atoms in total. The molecule has 1 aromatic carbocycles. The molecule has 1 aromatic rings. The van der Waals surface area contributed by atoms with Crippen molar-refractivity contribution in [3.63, 3.8) is 0 Å². The Kier molecular flexibility index (Phi) is 5.52. The highest BCUT2D eigenvalue weighted by molar-refractivity contribution is 14.1. The van der Waals surface area contributed by atoms with Gasteiger partial charge in [0.25, 0.3) is 11.1 Å².